The number of hydrogen-bond donors (Lipinski definition) is 2. The summed E-state index contributed by atoms with van der Waals surface area (Å²) < 4.78 is 5.51. The van der Waals surface area contributed by atoms with Crippen molar-refractivity contribution in [3.63, 3.8) is 0 Å². The zero-order chi connectivity index (χ0) is 19.2. The molecule has 138 valence electrons. The SMILES string of the molecule is Cc1ccc(C)c(OCC(=O)NNC(=O)Cc2ccc3ccccc3c2)c1. The number of hydrogen-bond acceptors (Lipinski definition) is 3. The standard InChI is InChI=1S/C22H22N2O3/c1-15-7-8-16(2)20(11-15)27-14-22(26)24-23-21(25)13-17-9-10-18-5-3-4-6-19(18)12-17/h3-12H,13-14H2,1-2H3,(H,23,25)(H,24,26). The first kappa shape index (κ1) is 18.5. The maximum absolute atomic E-state index is 12.1. The lowest BCUT2D eigenvalue weighted by Crippen LogP contribution is -2.44. The molecule has 3 rings (SSSR count). The van der Waals surface area contributed by atoms with Gasteiger partial charge in [-0.15, -0.1) is 0 Å². The van der Waals surface area contributed by atoms with Gasteiger partial charge in [-0.05, 0) is 47.4 Å². The molecule has 0 atom stereocenters. The van der Waals surface area contributed by atoms with Gasteiger partial charge in [0.25, 0.3) is 5.91 Å². The van der Waals surface area contributed by atoms with E-state index in [0.29, 0.717) is 5.75 Å². The summed E-state index contributed by atoms with van der Waals surface area (Å²) in [5.41, 5.74) is 7.69. The normalized spacial score (nSPS) is 10.4. The smallest absolute Gasteiger partial charge is 0.276 e. The predicted molar refractivity (Wildman–Crippen MR) is 105 cm³/mol. The zero-order valence-electron chi connectivity index (χ0n) is 15.4. The minimum absolute atomic E-state index is 0.166. The minimum atomic E-state index is -0.414. The van der Waals surface area contributed by atoms with Gasteiger partial charge in [0.05, 0.1) is 6.42 Å². The van der Waals surface area contributed by atoms with E-state index in [-0.39, 0.29) is 18.9 Å². The van der Waals surface area contributed by atoms with E-state index >= 15 is 0 Å². The summed E-state index contributed by atoms with van der Waals surface area (Å²) in [7, 11) is 0. The van der Waals surface area contributed by atoms with Crippen LogP contribution in [-0.2, 0) is 16.0 Å². The van der Waals surface area contributed by atoms with Gasteiger partial charge >= 0.3 is 0 Å². The van der Waals surface area contributed by atoms with E-state index in [1.54, 1.807) is 0 Å². The third-order valence-corrected chi connectivity index (χ3v) is 4.22. The van der Waals surface area contributed by atoms with E-state index in [0.717, 1.165) is 27.5 Å². The Labute approximate surface area is 158 Å². The van der Waals surface area contributed by atoms with Gasteiger partial charge in [0.15, 0.2) is 6.61 Å². The summed E-state index contributed by atoms with van der Waals surface area (Å²) in [6.07, 6.45) is 0.183. The number of nitrogens with one attached hydrogen (secondary N) is 2. The first-order valence-corrected chi connectivity index (χ1v) is 8.77. The Hall–Kier alpha value is -3.34. The largest absolute Gasteiger partial charge is 0.483 e. The van der Waals surface area contributed by atoms with Crippen molar-refractivity contribution < 1.29 is 14.3 Å². The molecular formula is C22H22N2O3. The van der Waals surface area contributed by atoms with E-state index in [2.05, 4.69) is 10.9 Å². The van der Waals surface area contributed by atoms with Gasteiger partial charge < -0.3 is 4.74 Å². The Morgan fingerprint density at radius 3 is 2.41 bits per heavy atom. The summed E-state index contributed by atoms with van der Waals surface area (Å²) >= 11 is 0. The number of amides is 2. The van der Waals surface area contributed by atoms with Crippen LogP contribution in [0.5, 0.6) is 5.75 Å². The van der Waals surface area contributed by atoms with Crippen LogP contribution in [0.25, 0.3) is 10.8 Å². The highest BCUT2D eigenvalue weighted by atomic mass is 16.5. The van der Waals surface area contributed by atoms with Crippen molar-refractivity contribution in [1.29, 1.82) is 0 Å². The number of benzene rings is 3. The molecule has 0 unspecified atom stereocenters. The molecule has 0 radical (unpaired) electrons. The maximum Gasteiger partial charge on any atom is 0.276 e. The lowest BCUT2D eigenvalue weighted by molar-refractivity contribution is -0.129. The van der Waals surface area contributed by atoms with Gasteiger partial charge in [-0.25, -0.2) is 0 Å². The molecule has 0 saturated carbocycles. The van der Waals surface area contributed by atoms with Crippen LogP contribution in [0.4, 0.5) is 0 Å². The van der Waals surface area contributed by atoms with E-state index < -0.39 is 5.91 Å². The molecular weight excluding hydrogens is 340 g/mol. The second kappa shape index (κ2) is 8.36. The first-order valence-electron chi connectivity index (χ1n) is 8.77. The van der Waals surface area contributed by atoms with Gasteiger partial charge in [0, 0.05) is 0 Å². The summed E-state index contributed by atoms with van der Waals surface area (Å²) in [6, 6.07) is 19.6. The Morgan fingerprint density at radius 1 is 0.852 bits per heavy atom. The number of hydrazine groups is 1. The van der Waals surface area contributed by atoms with E-state index in [1.165, 1.54) is 0 Å². The lowest BCUT2D eigenvalue weighted by Gasteiger charge is -2.11. The molecule has 0 spiro atoms. The highest BCUT2D eigenvalue weighted by Gasteiger charge is 2.08. The van der Waals surface area contributed by atoms with Crippen molar-refractivity contribution in [2.24, 2.45) is 0 Å². The second-order valence-electron chi connectivity index (χ2n) is 6.51. The maximum atomic E-state index is 12.1. The number of aryl methyl sites for hydroxylation is 2. The molecule has 5 nitrogen and oxygen atoms in total. The number of rotatable bonds is 5. The van der Waals surface area contributed by atoms with Crippen LogP contribution < -0.4 is 15.6 Å². The molecule has 3 aromatic carbocycles. The molecule has 0 aliphatic carbocycles. The molecule has 2 N–H and O–H groups in total. The summed E-state index contributed by atoms with van der Waals surface area (Å²) in [5, 5.41) is 2.20. The molecule has 0 aliphatic rings. The summed E-state index contributed by atoms with van der Waals surface area (Å²) in [6.45, 7) is 3.71. The number of carbonyl (C=O) groups excluding carboxylic acids is 2. The van der Waals surface area contributed by atoms with E-state index in [9.17, 15) is 9.59 Å². The Bertz CT molecular complexity index is 982. The van der Waals surface area contributed by atoms with Gasteiger partial charge in [0.2, 0.25) is 5.91 Å². The van der Waals surface area contributed by atoms with Crippen LogP contribution in [0.1, 0.15) is 16.7 Å². The third kappa shape index (κ3) is 5.07. The van der Waals surface area contributed by atoms with Crippen molar-refractivity contribution in [1.82, 2.24) is 10.9 Å². The zero-order valence-corrected chi connectivity index (χ0v) is 15.4. The van der Waals surface area contributed by atoms with Crippen molar-refractivity contribution in [2.45, 2.75) is 20.3 Å². The molecule has 0 heterocycles. The quantitative estimate of drug-likeness (QED) is 0.685. The van der Waals surface area contributed by atoms with Gasteiger partial charge in [-0.3, -0.25) is 20.4 Å². The van der Waals surface area contributed by atoms with Crippen molar-refractivity contribution in [2.75, 3.05) is 6.61 Å². The Morgan fingerprint density at radius 2 is 1.59 bits per heavy atom. The van der Waals surface area contributed by atoms with Crippen LogP contribution >= 0.6 is 0 Å². The first-order chi connectivity index (χ1) is 13.0. The van der Waals surface area contributed by atoms with Crippen LogP contribution in [0.2, 0.25) is 0 Å². The van der Waals surface area contributed by atoms with Crippen LogP contribution in [0, 0.1) is 13.8 Å². The number of carbonyl (C=O) groups is 2. The molecule has 5 heteroatoms. The molecule has 27 heavy (non-hydrogen) atoms. The van der Waals surface area contributed by atoms with E-state index in [1.807, 2.05) is 74.5 Å². The monoisotopic (exact) mass is 362 g/mol. The molecule has 0 aliphatic heterocycles. The third-order valence-electron chi connectivity index (χ3n) is 4.22. The van der Waals surface area contributed by atoms with Crippen LogP contribution in [-0.4, -0.2) is 18.4 Å². The fraction of sp³-hybridized carbons (Fsp3) is 0.182. The minimum Gasteiger partial charge on any atom is -0.483 e. The summed E-state index contributed by atoms with van der Waals surface area (Å²) in [4.78, 5) is 24.0. The molecule has 0 aromatic heterocycles. The lowest BCUT2D eigenvalue weighted by atomic mass is 10.1. The molecule has 2 amide bonds. The fourth-order valence-electron chi connectivity index (χ4n) is 2.76. The van der Waals surface area contributed by atoms with Crippen molar-refractivity contribution in [3.05, 3.63) is 77.4 Å². The van der Waals surface area contributed by atoms with Crippen LogP contribution in [0.3, 0.4) is 0 Å². The summed E-state index contributed by atoms with van der Waals surface area (Å²) in [5.74, 6) is -0.0409. The Balaban J connectivity index is 1.47. The topological polar surface area (TPSA) is 67.4 Å². The van der Waals surface area contributed by atoms with E-state index in [4.69, 9.17) is 4.74 Å². The average molecular weight is 362 g/mol. The van der Waals surface area contributed by atoms with Crippen molar-refractivity contribution >= 4 is 22.6 Å². The van der Waals surface area contributed by atoms with Crippen LogP contribution in [0.15, 0.2) is 60.7 Å². The predicted octanol–water partition coefficient (Wildman–Crippen LogP) is 3.23. The van der Waals surface area contributed by atoms with Gasteiger partial charge in [-0.1, -0.05) is 54.6 Å². The van der Waals surface area contributed by atoms with Gasteiger partial charge in [-0.2, -0.15) is 0 Å². The highest BCUT2D eigenvalue weighted by Crippen LogP contribution is 2.19. The number of fused-ring (bicyclic) bond motifs is 1. The number of ether oxygens (including phenoxy) is 1. The Kier molecular flexibility index (Phi) is 5.71. The fourth-order valence-corrected chi connectivity index (χ4v) is 2.76. The highest BCUT2D eigenvalue weighted by molar-refractivity contribution is 5.86. The molecule has 3 aromatic rings. The molecule has 0 saturated heterocycles. The van der Waals surface area contributed by atoms with Gasteiger partial charge in [0.1, 0.15) is 5.75 Å². The average Bonchev–Trinajstić information content (AvgIpc) is 2.67. The second-order valence-corrected chi connectivity index (χ2v) is 6.51. The van der Waals surface area contributed by atoms with Crippen molar-refractivity contribution in [3.8, 4) is 5.75 Å². The molecule has 0 bridgehead atoms. The molecule has 0 fully saturated rings.